The lowest BCUT2D eigenvalue weighted by atomic mass is 10.4. The van der Waals surface area contributed by atoms with Gasteiger partial charge in [0.2, 0.25) is 5.88 Å². The molecule has 0 saturated heterocycles. The molecule has 0 spiro atoms. The Morgan fingerprint density at radius 3 is 2.87 bits per heavy atom. The normalized spacial score (nSPS) is 9.80. The molecule has 1 aromatic heterocycles. The van der Waals surface area contributed by atoms with Crippen LogP contribution in [-0.4, -0.2) is 22.7 Å². The number of carbonyl (C=O) groups excluding carboxylic acids is 1. The predicted molar refractivity (Wildman–Crippen MR) is 54.1 cm³/mol. The molecule has 5 nitrogen and oxygen atoms in total. The van der Waals surface area contributed by atoms with Gasteiger partial charge in [0.15, 0.2) is 0 Å². The summed E-state index contributed by atoms with van der Waals surface area (Å²) in [5.41, 5.74) is 0. The van der Waals surface area contributed by atoms with E-state index in [1.807, 2.05) is 6.92 Å². The smallest absolute Gasteiger partial charge is 0.434 e. The van der Waals surface area contributed by atoms with E-state index in [2.05, 4.69) is 14.7 Å². The molecule has 0 radical (unpaired) electrons. The fourth-order valence-corrected chi connectivity index (χ4v) is 0.984. The van der Waals surface area contributed by atoms with Crippen molar-refractivity contribution in [3.8, 4) is 5.88 Å². The number of ether oxygens (including phenoxy) is 2. The van der Waals surface area contributed by atoms with Crippen LogP contribution in [0.3, 0.4) is 0 Å². The van der Waals surface area contributed by atoms with Crippen LogP contribution in [0.15, 0.2) is 6.20 Å². The Bertz CT molecular complexity index is 357. The predicted octanol–water partition coefficient (Wildman–Crippen LogP) is 2.23. The molecule has 1 rings (SSSR count). The van der Waals surface area contributed by atoms with E-state index in [-0.39, 0.29) is 17.5 Å². The Labute approximate surface area is 92.4 Å². The van der Waals surface area contributed by atoms with Crippen molar-refractivity contribution in [2.45, 2.75) is 20.3 Å². The molecular weight excluding hydrogens is 220 g/mol. The summed E-state index contributed by atoms with van der Waals surface area (Å²) in [4.78, 5) is 18.9. The molecule has 0 aliphatic rings. The molecule has 0 atom stereocenters. The number of aromatic nitrogens is 2. The van der Waals surface area contributed by atoms with E-state index in [1.54, 1.807) is 6.92 Å². The summed E-state index contributed by atoms with van der Waals surface area (Å²) in [7, 11) is 0. The molecule has 0 unspecified atom stereocenters. The van der Waals surface area contributed by atoms with E-state index in [0.717, 1.165) is 0 Å². The van der Waals surface area contributed by atoms with Crippen LogP contribution < -0.4 is 4.74 Å². The van der Waals surface area contributed by atoms with Gasteiger partial charge in [0.1, 0.15) is 10.8 Å². The molecule has 0 aromatic carbocycles. The number of halogens is 1. The first-order chi connectivity index (χ1) is 7.17. The second-order valence-electron chi connectivity index (χ2n) is 2.58. The molecule has 0 fully saturated rings. The number of nitrogens with zero attached hydrogens (tertiary/aromatic N) is 2. The van der Waals surface area contributed by atoms with Crippen molar-refractivity contribution >= 4 is 17.8 Å². The summed E-state index contributed by atoms with van der Waals surface area (Å²) in [5, 5.41) is 0.181. The third kappa shape index (κ3) is 3.36. The van der Waals surface area contributed by atoms with E-state index in [4.69, 9.17) is 16.3 Å². The second kappa shape index (κ2) is 5.50. The summed E-state index contributed by atoms with van der Waals surface area (Å²) in [6.07, 6.45) is 1.21. The van der Waals surface area contributed by atoms with Crippen molar-refractivity contribution in [3.05, 3.63) is 17.0 Å². The maximum absolute atomic E-state index is 11.0. The topological polar surface area (TPSA) is 61.3 Å². The lowest BCUT2D eigenvalue weighted by molar-refractivity contribution is 0.102. The van der Waals surface area contributed by atoms with Crippen LogP contribution in [0.1, 0.15) is 19.7 Å². The van der Waals surface area contributed by atoms with Gasteiger partial charge in [-0.15, -0.1) is 0 Å². The quantitative estimate of drug-likeness (QED) is 0.745. The summed E-state index contributed by atoms with van der Waals surface area (Å²) in [6, 6.07) is 0. The van der Waals surface area contributed by atoms with Crippen LogP contribution in [0.2, 0.25) is 5.02 Å². The lowest BCUT2D eigenvalue weighted by Gasteiger charge is -2.05. The largest absolute Gasteiger partial charge is 0.515 e. The number of carbonyl (C=O) groups is 1. The molecule has 0 N–H and O–H groups in total. The zero-order valence-electron chi connectivity index (χ0n) is 8.49. The van der Waals surface area contributed by atoms with E-state index in [1.165, 1.54) is 6.20 Å². The Kier molecular flexibility index (Phi) is 4.30. The van der Waals surface area contributed by atoms with Gasteiger partial charge in [-0.1, -0.05) is 18.5 Å². The van der Waals surface area contributed by atoms with Gasteiger partial charge in [0, 0.05) is 6.42 Å². The van der Waals surface area contributed by atoms with Crippen LogP contribution >= 0.6 is 11.6 Å². The monoisotopic (exact) mass is 230 g/mol. The Balaban J connectivity index is 2.79. The Hall–Kier alpha value is -1.36. The SMILES string of the molecule is CCOC(=O)Oc1nc(CC)ncc1Cl. The van der Waals surface area contributed by atoms with Gasteiger partial charge in [-0.2, -0.15) is 4.98 Å². The highest BCUT2D eigenvalue weighted by molar-refractivity contribution is 6.31. The number of aryl methyl sites for hydroxylation is 1. The second-order valence-corrected chi connectivity index (χ2v) is 2.99. The summed E-state index contributed by atoms with van der Waals surface area (Å²) >= 11 is 5.74. The molecule has 82 valence electrons. The first kappa shape index (κ1) is 11.7. The van der Waals surface area contributed by atoms with Crippen molar-refractivity contribution in [1.29, 1.82) is 0 Å². The highest BCUT2D eigenvalue weighted by Gasteiger charge is 2.11. The average Bonchev–Trinajstić information content (AvgIpc) is 2.21. The lowest BCUT2D eigenvalue weighted by Crippen LogP contribution is -2.12. The third-order valence-corrected chi connectivity index (χ3v) is 1.78. The minimum Gasteiger partial charge on any atom is -0.434 e. The van der Waals surface area contributed by atoms with Gasteiger partial charge in [-0.05, 0) is 6.92 Å². The molecule has 0 aliphatic carbocycles. The zero-order valence-corrected chi connectivity index (χ0v) is 9.24. The van der Waals surface area contributed by atoms with Crippen LogP contribution in [-0.2, 0) is 11.2 Å². The average molecular weight is 231 g/mol. The van der Waals surface area contributed by atoms with Crippen molar-refractivity contribution in [2.24, 2.45) is 0 Å². The number of hydrogen-bond donors (Lipinski definition) is 0. The van der Waals surface area contributed by atoms with Crippen LogP contribution in [0.5, 0.6) is 5.88 Å². The Morgan fingerprint density at radius 1 is 1.53 bits per heavy atom. The van der Waals surface area contributed by atoms with Crippen LogP contribution in [0, 0.1) is 0 Å². The number of rotatable bonds is 3. The van der Waals surface area contributed by atoms with Crippen molar-refractivity contribution in [3.63, 3.8) is 0 Å². The van der Waals surface area contributed by atoms with Gasteiger partial charge < -0.3 is 9.47 Å². The zero-order chi connectivity index (χ0) is 11.3. The van der Waals surface area contributed by atoms with Gasteiger partial charge in [-0.25, -0.2) is 9.78 Å². The molecule has 0 amide bonds. The first-order valence-electron chi connectivity index (χ1n) is 4.53. The molecule has 6 heteroatoms. The maximum Gasteiger partial charge on any atom is 0.515 e. The van der Waals surface area contributed by atoms with Gasteiger partial charge in [0.25, 0.3) is 0 Å². The first-order valence-corrected chi connectivity index (χ1v) is 4.91. The number of hydrogen-bond acceptors (Lipinski definition) is 5. The van der Waals surface area contributed by atoms with Gasteiger partial charge >= 0.3 is 6.16 Å². The molecule has 15 heavy (non-hydrogen) atoms. The van der Waals surface area contributed by atoms with Crippen LogP contribution in [0.4, 0.5) is 4.79 Å². The standard InChI is InChI=1S/C9H11ClN2O3/c1-3-7-11-5-6(10)8(12-7)15-9(13)14-4-2/h5H,3-4H2,1-2H3. The fourth-order valence-electron chi connectivity index (χ4n) is 0.854. The van der Waals surface area contributed by atoms with Crippen molar-refractivity contribution in [2.75, 3.05) is 6.61 Å². The maximum atomic E-state index is 11.0. The molecule has 0 aliphatic heterocycles. The molecular formula is C9H11ClN2O3. The summed E-state index contributed by atoms with van der Waals surface area (Å²) < 4.78 is 9.38. The minimum absolute atomic E-state index is 0.0296. The summed E-state index contributed by atoms with van der Waals surface area (Å²) in [5.74, 6) is 0.584. The molecule has 1 heterocycles. The summed E-state index contributed by atoms with van der Waals surface area (Å²) in [6.45, 7) is 3.81. The highest BCUT2D eigenvalue weighted by Crippen LogP contribution is 2.20. The Morgan fingerprint density at radius 2 is 2.27 bits per heavy atom. The molecule has 0 saturated carbocycles. The van der Waals surface area contributed by atoms with E-state index in [0.29, 0.717) is 12.2 Å². The van der Waals surface area contributed by atoms with Gasteiger partial charge in [0.05, 0.1) is 12.8 Å². The molecule has 0 bridgehead atoms. The van der Waals surface area contributed by atoms with Crippen LogP contribution in [0.25, 0.3) is 0 Å². The van der Waals surface area contributed by atoms with E-state index in [9.17, 15) is 4.79 Å². The van der Waals surface area contributed by atoms with Crippen molar-refractivity contribution in [1.82, 2.24) is 9.97 Å². The van der Waals surface area contributed by atoms with Gasteiger partial charge in [-0.3, -0.25) is 0 Å². The minimum atomic E-state index is -0.819. The fraction of sp³-hybridized carbons (Fsp3) is 0.444. The molecule has 1 aromatic rings. The highest BCUT2D eigenvalue weighted by atomic mass is 35.5. The third-order valence-electron chi connectivity index (χ3n) is 1.52. The van der Waals surface area contributed by atoms with E-state index < -0.39 is 6.16 Å². The van der Waals surface area contributed by atoms with E-state index >= 15 is 0 Å². The van der Waals surface area contributed by atoms with Crippen molar-refractivity contribution < 1.29 is 14.3 Å².